The summed E-state index contributed by atoms with van der Waals surface area (Å²) >= 11 is 0. The van der Waals surface area contributed by atoms with E-state index in [9.17, 15) is 9.90 Å². The van der Waals surface area contributed by atoms with Gasteiger partial charge in [0, 0.05) is 5.92 Å². The van der Waals surface area contributed by atoms with Crippen molar-refractivity contribution >= 4 is 5.78 Å². The number of carbonyl (C=O) groups is 1. The molecule has 1 N–H and O–H groups in total. The smallest absolute Gasteiger partial charge is 0.133 e. The van der Waals surface area contributed by atoms with Crippen LogP contribution in [-0.2, 0) is 4.79 Å². The first-order chi connectivity index (χ1) is 12.0. The number of carbonyl (C=O) groups excluding carboxylic acids is 1. The molecule has 0 aromatic carbocycles. The van der Waals surface area contributed by atoms with Crippen molar-refractivity contribution in [2.75, 3.05) is 0 Å². The fourth-order valence-electron chi connectivity index (χ4n) is 9.22. The van der Waals surface area contributed by atoms with Crippen LogP contribution in [0.5, 0.6) is 0 Å². The van der Waals surface area contributed by atoms with E-state index < -0.39 is 0 Å². The minimum Gasteiger partial charge on any atom is -0.393 e. The Kier molecular flexibility index (Phi) is 4.07. The molecule has 148 valence electrons. The van der Waals surface area contributed by atoms with Crippen LogP contribution >= 0.6 is 0 Å². The molecule has 4 aliphatic rings. The van der Waals surface area contributed by atoms with Gasteiger partial charge in [0.05, 0.1) is 6.10 Å². The van der Waals surface area contributed by atoms with Crippen LogP contribution in [0.1, 0.15) is 92.9 Å². The van der Waals surface area contributed by atoms with Crippen LogP contribution in [0.3, 0.4) is 0 Å². The van der Waals surface area contributed by atoms with Crippen LogP contribution in [-0.4, -0.2) is 17.0 Å². The zero-order valence-corrected chi connectivity index (χ0v) is 17.9. The Morgan fingerprint density at radius 1 is 0.808 bits per heavy atom. The van der Waals surface area contributed by atoms with Crippen LogP contribution in [0.15, 0.2) is 0 Å². The summed E-state index contributed by atoms with van der Waals surface area (Å²) in [6.07, 6.45) is 9.41. The number of ketones is 1. The van der Waals surface area contributed by atoms with E-state index in [2.05, 4.69) is 34.6 Å². The number of fused-ring (bicyclic) bond motifs is 5. The SMILES string of the molecule is CC(=O)C1CCC2(C)C1CCC1C3(C)CCC(O)C(C)(C)C3CCC12C. The average molecular weight is 361 g/mol. The van der Waals surface area contributed by atoms with Gasteiger partial charge in [-0.2, -0.15) is 0 Å². The lowest BCUT2D eigenvalue weighted by Crippen LogP contribution is -2.63. The van der Waals surface area contributed by atoms with Crippen molar-refractivity contribution in [3.8, 4) is 0 Å². The van der Waals surface area contributed by atoms with Crippen LogP contribution in [0, 0.1) is 45.3 Å². The Morgan fingerprint density at radius 2 is 1.46 bits per heavy atom. The number of Topliss-reactive ketones (excluding diaryl/α,β-unsaturated/α-hetero) is 1. The van der Waals surface area contributed by atoms with Gasteiger partial charge in [-0.05, 0) is 97.7 Å². The van der Waals surface area contributed by atoms with Gasteiger partial charge in [0.2, 0.25) is 0 Å². The summed E-state index contributed by atoms with van der Waals surface area (Å²) in [5.41, 5.74) is 1.05. The zero-order valence-electron chi connectivity index (χ0n) is 17.9. The quantitative estimate of drug-likeness (QED) is 0.659. The van der Waals surface area contributed by atoms with Crippen molar-refractivity contribution < 1.29 is 9.90 Å². The fourth-order valence-corrected chi connectivity index (χ4v) is 9.22. The van der Waals surface area contributed by atoms with E-state index in [1.54, 1.807) is 0 Å². The van der Waals surface area contributed by atoms with E-state index in [0.29, 0.717) is 39.8 Å². The molecule has 0 aromatic heterocycles. The molecule has 0 heterocycles. The maximum Gasteiger partial charge on any atom is 0.133 e. The molecule has 4 saturated carbocycles. The van der Waals surface area contributed by atoms with Gasteiger partial charge in [0.1, 0.15) is 5.78 Å². The van der Waals surface area contributed by atoms with Gasteiger partial charge in [-0.1, -0.05) is 34.6 Å². The Hall–Kier alpha value is -0.370. The van der Waals surface area contributed by atoms with Gasteiger partial charge >= 0.3 is 0 Å². The summed E-state index contributed by atoms with van der Waals surface area (Å²) in [7, 11) is 0. The van der Waals surface area contributed by atoms with Gasteiger partial charge in [-0.15, -0.1) is 0 Å². The topological polar surface area (TPSA) is 37.3 Å². The Bertz CT molecular complexity index is 609. The third-order valence-corrected chi connectivity index (χ3v) is 10.9. The molecule has 2 nitrogen and oxygen atoms in total. The number of aliphatic hydroxyl groups excluding tert-OH is 1. The first-order valence-corrected chi connectivity index (χ1v) is 11.2. The summed E-state index contributed by atoms with van der Waals surface area (Å²) in [6, 6.07) is 0. The number of rotatable bonds is 1. The van der Waals surface area contributed by atoms with Crippen molar-refractivity contribution in [3.63, 3.8) is 0 Å². The van der Waals surface area contributed by atoms with Crippen LogP contribution in [0.2, 0.25) is 0 Å². The molecule has 0 spiro atoms. The zero-order chi connectivity index (χ0) is 19.1. The van der Waals surface area contributed by atoms with Gasteiger partial charge in [-0.25, -0.2) is 0 Å². The van der Waals surface area contributed by atoms with E-state index in [0.717, 1.165) is 18.8 Å². The molecular weight excluding hydrogens is 320 g/mol. The van der Waals surface area contributed by atoms with Crippen LogP contribution in [0.4, 0.5) is 0 Å². The normalized spacial score (nSPS) is 55.6. The molecule has 26 heavy (non-hydrogen) atoms. The first kappa shape index (κ1) is 19.0. The number of hydrogen-bond donors (Lipinski definition) is 1. The van der Waals surface area contributed by atoms with Crippen LogP contribution < -0.4 is 0 Å². The summed E-state index contributed by atoms with van der Waals surface area (Å²) in [6.45, 7) is 14.2. The monoisotopic (exact) mass is 360 g/mol. The maximum absolute atomic E-state index is 12.3. The average Bonchev–Trinajstić information content (AvgIpc) is 2.90. The molecule has 0 aliphatic heterocycles. The third-order valence-electron chi connectivity index (χ3n) is 10.9. The first-order valence-electron chi connectivity index (χ1n) is 11.2. The standard InChI is InChI=1S/C24H40O2/c1-15(25)16-9-13-23(5)17(16)7-8-19-22(4)12-11-20(26)21(2,3)18(22)10-14-24(19,23)6/h16-20,26H,7-14H2,1-6H3. The third kappa shape index (κ3) is 2.12. The van der Waals surface area contributed by atoms with Gasteiger partial charge in [0.15, 0.2) is 0 Å². The van der Waals surface area contributed by atoms with E-state index in [-0.39, 0.29) is 11.5 Å². The molecule has 2 heteroatoms. The molecule has 8 unspecified atom stereocenters. The van der Waals surface area contributed by atoms with Crippen molar-refractivity contribution in [1.29, 1.82) is 0 Å². The predicted octanol–water partition coefficient (Wildman–Crippen LogP) is 5.62. The highest BCUT2D eigenvalue weighted by molar-refractivity contribution is 5.79. The minimum absolute atomic E-state index is 0.0314. The van der Waals surface area contributed by atoms with Crippen molar-refractivity contribution in [2.45, 2.75) is 99.0 Å². The molecule has 0 saturated heterocycles. The lowest BCUT2D eigenvalue weighted by molar-refractivity contribution is -0.221. The highest BCUT2D eigenvalue weighted by Crippen LogP contribution is 2.75. The summed E-state index contributed by atoms with van der Waals surface area (Å²) in [4.78, 5) is 12.3. The summed E-state index contributed by atoms with van der Waals surface area (Å²) < 4.78 is 0. The van der Waals surface area contributed by atoms with E-state index in [1.807, 2.05) is 6.92 Å². The Labute approximate surface area is 160 Å². The molecule has 4 fully saturated rings. The fraction of sp³-hybridized carbons (Fsp3) is 0.958. The van der Waals surface area contributed by atoms with E-state index in [1.165, 1.54) is 38.5 Å². The second-order valence-corrected chi connectivity index (χ2v) is 11.8. The largest absolute Gasteiger partial charge is 0.393 e. The Morgan fingerprint density at radius 3 is 2.12 bits per heavy atom. The highest BCUT2D eigenvalue weighted by atomic mass is 16.3. The number of hydrogen-bond acceptors (Lipinski definition) is 2. The second kappa shape index (κ2) is 5.58. The molecule has 4 aliphatic carbocycles. The molecule has 4 rings (SSSR count). The van der Waals surface area contributed by atoms with Crippen LogP contribution in [0.25, 0.3) is 0 Å². The Balaban J connectivity index is 1.73. The maximum atomic E-state index is 12.3. The van der Waals surface area contributed by atoms with Gasteiger partial charge < -0.3 is 5.11 Å². The molecule has 0 bridgehead atoms. The summed E-state index contributed by atoms with van der Waals surface area (Å²) in [5, 5.41) is 10.7. The van der Waals surface area contributed by atoms with Crippen molar-refractivity contribution in [1.82, 2.24) is 0 Å². The van der Waals surface area contributed by atoms with E-state index >= 15 is 0 Å². The number of aliphatic hydroxyl groups is 1. The molecule has 0 amide bonds. The minimum atomic E-state index is -0.148. The highest BCUT2D eigenvalue weighted by Gasteiger charge is 2.68. The summed E-state index contributed by atoms with van der Waals surface area (Å²) in [5.74, 6) is 2.72. The molecular formula is C24H40O2. The predicted molar refractivity (Wildman–Crippen MR) is 106 cm³/mol. The molecule has 0 aromatic rings. The van der Waals surface area contributed by atoms with Crippen molar-refractivity contribution in [3.05, 3.63) is 0 Å². The van der Waals surface area contributed by atoms with Crippen molar-refractivity contribution in [2.24, 2.45) is 45.3 Å². The lowest BCUT2D eigenvalue weighted by atomic mass is 9.35. The molecule has 8 atom stereocenters. The second-order valence-electron chi connectivity index (χ2n) is 11.8. The van der Waals surface area contributed by atoms with Gasteiger partial charge in [0.25, 0.3) is 0 Å². The van der Waals surface area contributed by atoms with E-state index in [4.69, 9.17) is 0 Å². The lowest BCUT2D eigenvalue weighted by Gasteiger charge is -2.69. The van der Waals surface area contributed by atoms with Gasteiger partial charge in [-0.3, -0.25) is 4.79 Å². The molecule has 0 radical (unpaired) electrons.